The van der Waals surface area contributed by atoms with Crippen molar-refractivity contribution in [2.24, 2.45) is 0 Å². The lowest BCUT2D eigenvalue weighted by atomic mass is 10.1. The first-order valence-corrected chi connectivity index (χ1v) is 8.13. The minimum absolute atomic E-state index is 0.446. The molecular weight excluding hydrogens is 176 g/mol. The number of aryl methyl sites for hydroxylation is 2. The summed E-state index contributed by atoms with van der Waals surface area (Å²) in [7, 11) is -1.23. The lowest BCUT2D eigenvalue weighted by molar-refractivity contribution is 0.467. The Bertz CT molecular complexity index is 300. The number of aromatic hydroxyl groups is 1. The lowest BCUT2D eigenvalue weighted by Crippen LogP contribution is -2.37. The maximum atomic E-state index is 9.61. The van der Waals surface area contributed by atoms with Gasteiger partial charge in [-0.2, -0.15) is 0 Å². The fourth-order valence-corrected chi connectivity index (χ4v) is 2.69. The maximum absolute atomic E-state index is 9.61. The summed E-state index contributed by atoms with van der Waals surface area (Å²) in [6, 6.07) is 4.24. The Labute approximate surface area is 81.4 Å². The van der Waals surface area contributed by atoms with E-state index >= 15 is 0 Å². The van der Waals surface area contributed by atoms with E-state index in [9.17, 15) is 5.11 Å². The molecule has 0 aliphatic rings. The van der Waals surface area contributed by atoms with Crippen LogP contribution in [0, 0.1) is 13.8 Å². The molecule has 1 nitrogen and oxygen atoms in total. The van der Waals surface area contributed by atoms with Crippen LogP contribution in [0.3, 0.4) is 0 Å². The Morgan fingerprint density at radius 1 is 1.00 bits per heavy atom. The van der Waals surface area contributed by atoms with Gasteiger partial charge in [0.05, 0.1) is 8.07 Å². The topological polar surface area (TPSA) is 20.2 Å². The van der Waals surface area contributed by atoms with Crippen LogP contribution in [0.4, 0.5) is 0 Å². The van der Waals surface area contributed by atoms with Crippen LogP contribution < -0.4 is 5.19 Å². The van der Waals surface area contributed by atoms with Crippen LogP contribution >= 0.6 is 0 Å². The van der Waals surface area contributed by atoms with Gasteiger partial charge in [0.25, 0.3) is 0 Å². The normalized spacial score (nSPS) is 11.8. The number of phenolic OH excluding ortho intramolecular Hbond substituents is 1. The Morgan fingerprint density at radius 2 is 1.38 bits per heavy atom. The predicted molar refractivity (Wildman–Crippen MR) is 60.6 cm³/mol. The molecule has 0 saturated heterocycles. The molecule has 0 unspecified atom stereocenters. The minimum Gasteiger partial charge on any atom is -0.507 e. The first-order chi connectivity index (χ1) is 5.82. The Hall–Kier alpha value is -0.763. The summed E-state index contributed by atoms with van der Waals surface area (Å²) in [5.74, 6) is 0.446. The van der Waals surface area contributed by atoms with E-state index in [4.69, 9.17) is 0 Å². The van der Waals surface area contributed by atoms with Gasteiger partial charge in [-0.05, 0) is 25.0 Å². The highest BCUT2D eigenvalue weighted by atomic mass is 28.3. The van der Waals surface area contributed by atoms with Crippen LogP contribution in [0.5, 0.6) is 5.75 Å². The van der Waals surface area contributed by atoms with Gasteiger partial charge in [-0.25, -0.2) is 0 Å². The SMILES string of the molecule is Cc1cc([Si](C)(C)C)cc(C)c1O. The van der Waals surface area contributed by atoms with Crippen molar-refractivity contribution in [2.75, 3.05) is 0 Å². The molecule has 0 spiro atoms. The van der Waals surface area contributed by atoms with E-state index in [1.807, 2.05) is 13.8 Å². The van der Waals surface area contributed by atoms with Gasteiger partial charge in [-0.3, -0.25) is 0 Å². The van der Waals surface area contributed by atoms with E-state index in [-0.39, 0.29) is 0 Å². The molecule has 0 amide bonds. The molecule has 0 radical (unpaired) electrons. The second kappa shape index (κ2) is 3.18. The molecular formula is C11H18OSi. The van der Waals surface area contributed by atoms with Crippen LogP contribution in [-0.4, -0.2) is 13.2 Å². The van der Waals surface area contributed by atoms with Crippen molar-refractivity contribution in [1.29, 1.82) is 0 Å². The first-order valence-electron chi connectivity index (χ1n) is 4.63. The second-order valence-electron chi connectivity index (χ2n) is 4.71. The van der Waals surface area contributed by atoms with Gasteiger partial charge >= 0.3 is 0 Å². The summed E-state index contributed by atoms with van der Waals surface area (Å²) >= 11 is 0. The quantitative estimate of drug-likeness (QED) is 0.681. The number of phenols is 1. The second-order valence-corrected chi connectivity index (χ2v) is 9.79. The Morgan fingerprint density at radius 3 is 1.69 bits per heavy atom. The minimum atomic E-state index is -1.23. The molecule has 0 aromatic heterocycles. The molecule has 1 aromatic rings. The lowest BCUT2D eigenvalue weighted by Gasteiger charge is -2.18. The zero-order valence-electron chi connectivity index (χ0n) is 9.10. The molecule has 72 valence electrons. The fourth-order valence-electron chi connectivity index (χ4n) is 1.39. The molecule has 0 aliphatic heterocycles. The van der Waals surface area contributed by atoms with Crippen molar-refractivity contribution in [3.8, 4) is 5.75 Å². The zero-order chi connectivity index (χ0) is 10.2. The smallest absolute Gasteiger partial charge is 0.121 e. The van der Waals surface area contributed by atoms with E-state index in [1.165, 1.54) is 5.19 Å². The predicted octanol–water partition coefficient (Wildman–Crippen LogP) is 2.55. The van der Waals surface area contributed by atoms with Gasteiger partial charge < -0.3 is 5.11 Å². The average Bonchev–Trinajstić information content (AvgIpc) is 1.97. The van der Waals surface area contributed by atoms with Crippen molar-refractivity contribution in [3.63, 3.8) is 0 Å². The van der Waals surface area contributed by atoms with Crippen LogP contribution in [0.1, 0.15) is 11.1 Å². The van der Waals surface area contributed by atoms with Crippen molar-refractivity contribution in [3.05, 3.63) is 23.3 Å². The molecule has 1 aromatic carbocycles. The zero-order valence-corrected chi connectivity index (χ0v) is 10.1. The number of hydrogen-bond acceptors (Lipinski definition) is 1. The van der Waals surface area contributed by atoms with Gasteiger partial charge in [0, 0.05) is 0 Å². The summed E-state index contributed by atoms with van der Waals surface area (Å²) < 4.78 is 0. The molecule has 2 heteroatoms. The van der Waals surface area contributed by atoms with E-state index in [0.717, 1.165) is 11.1 Å². The highest BCUT2D eigenvalue weighted by Crippen LogP contribution is 2.20. The number of benzene rings is 1. The fraction of sp³-hybridized carbons (Fsp3) is 0.455. The van der Waals surface area contributed by atoms with Crippen LogP contribution in [0.25, 0.3) is 0 Å². The summed E-state index contributed by atoms with van der Waals surface area (Å²) in [4.78, 5) is 0. The van der Waals surface area contributed by atoms with Gasteiger partial charge in [-0.15, -0.1) is 0 Å². The summed E-state index contributed by atoms with van der Waals surface area (Å²) in [6.45, 7) is 10.9. The monoisotopic (exact) mass is 194 g/mol. The first kappa shape index (κ1) is 10.3. The molecule has 13 heavy (non-hydrogen) atoms. The van der Waals surface area contributed by atoms with E-state index in [0.29, 0.717) is 5.75 Å². The molecule has 0 aliphatic carbocycles. The molecule has 0 fully saturated rings. The third-order valence-electron chi connectivity index (χ3n) is 2.36. The molecule has 1 N–H and O–H groups in total. The van der Waals surface area contributed by atoms with Gasteiger partial charge in [-0.1, -0.05) is 37.0 Å². The highest BCUT2D eigenvalue weighted by Gasteiger charge is 2.17. The van der Waals surface area contributed by atoms with Crippen LogP contribution in [0.15, 0.2) is 12.1 Å². The van der Waals surface area contributed by atoms with Crippen molar-refractivity contribution in [1.82, 2.24) is 0 Å². The van der Waals surface area contributed by atoms with Gasteiger partial charge in [0.1, 0.15) is 5.75 Å². The molecule has 0 atom stereocenters. The third-order valence-corrected chi connectivity index (χ3v) is 4.38. The van der Waals surface area contributed by atoms with E-state index in [2.05, 4.69) is 31.8 Å². The van der Waals surface area contributed by atoms with Crippen molar-refractivity contribution >= 4 is 13.3 Å². The van der Waals surface area contributed by atoms with Crippen molar-refractivity contribution in [2.45, 2.75) is 33.5 Å². The Kier molecular flexibility index (Phi) is 2.53. The largest absolute Gasteiger partial charge is 0.507 e. The third kappa shape index (κ3) is 2.13. The van der Waals surface area contributed by atoms with Crippen LogP contribution in [-0.2, 0) is 0 Å². The van der Waals surface area contributed by atoms with E-state index in [1.54, 1.807) is 0 Å². The maximum Gasteiger partial charge on any atom is 0.121 e. The van der Waals surface area contributed by atoms with Crippen molar-refractivity contribution < 1.29 is 5.11 Å². The molecule has 0 saturated carbocycles. The average molecular weight is 194 g/mol. The molecule has 1 rings (SSSR count). The number of rotatable bonds is 1. The standard InChI is InChI=1S/C11H18OSi/c1-8-6-10(13(3,4)5)7-9(2)11(8)12/h6-7,12H,1-5H3. The summed E-state index contributed by atoms with van der Waals surface area (Å²) in [5, 5.41) is 11.0. The van der Waals surface area contributed by atoms with Gasteiger partial charge in [0.2, 0.25) is 0 Å². The van der Waals surface area contributed by atoms with Crippen LogP contribution in [0.2, 0.25) is 19.6 Å². The summed E-state index contributed by atoms with van der Waals surface area (Å²) in [5.41, 5.74) is 2.00. The highest BCUT2D eigenvalue weighted by molar-refractivity contribution is 6.88. The molecule has 0 bridgehead atoms. The molecule has 0 heterocycles. The Balaban J connectivity index is 3.29. The summed E-state index contributed by atoms with van der Waals surface area (Å²) in [6.07, 6.45) is 0. The van der Waals surface area contributed by atoms with Gasteiger partial charge in [0.15, 0.2) is 0 Å². The number of hydrogen-bond donors (Lipinski definition) is 1. The van der Waals surface area contributed by atoms with E-state index < -0.39 is 8.07 Å².